The molecule has 2 rings (SSSR count). The Morgan fingerprint density at radius 1 is 0.952 bits per heavy atom. The number of aryl methyl sites for hydroxylation is 2. The minimum atomic E-state index is -1.41. The van der Waals surface area contributed by atoms with Crippen molar-refractivity contribution in [2.24, 2.45) is 0 Å². The van der Waals surface area contributed by atoms with Crippen LogP contribution in [0.2, 0.25) is 0 Å². The number of hydrogen-bond donors (Lipinski definition) is 1. The third-order valence-electron chi connectivity index (χ3n) is 3.29. The van der Waals surface area contributed by atoms with Crippen LogP contribution in [-0.4, -0.2) is 16.9 Å². The van der Waals surface area contributed by atoms with E-state index in [0.29, 0.717) is 11.8 Å². The van der Waals surface area contributed by atoms with Crippen LogP contribution in [0.3, 0.4) is 0 Å². The van der Waals surface area contributed by atoms with Gasteiger partial charge in [0.15, 0.2) is 0 Å². The number of ketones is 1. The number of rotatable bonds is 6. The lowest BCUT2D eigenvalue weighted by Crippen LogP contribution is -2.15. The quantitative estimate of drug-likeness (QED) is 0.493. The van der Waals surface area contributed by atoms with Crippen LogP contribution in [0.4, 0.5) is 0 Å². The van der Waals surface area contributed by atoms with Gasteiger partial charge in [-0.1, -0.05) is 64.5 Å². The van der Waals surface area contributed by atoms with E-state index < -0.39 is 11.8 Å². The van der Waals surface area contributed by atoms with Crippen molar-refractivity contribution in [1.82, 2.24) is 0 Å². The van der Waals surface area contributed by atoms with Gasteiger partial charge in [-0.25, -0.2) is 4.79 Å². The second-order valence-corrected chi connectivity index (χ2v) is 5.31. The van der Waals surface area contributed by atoms with Crippen LogP contribution in [0.25, 0.3) is 0 Å². The molecule has 2 aromatic carbocycles. The summed E-state index contributed by atoms with van der Waals surface area (Å²) < 4.78 is 0. The maximum Gasteiger partial charge on any atom is 0.377 e. The van der Waals surface area contributed by atoms with Gasteiger partial charge in [-0.05, 0) is 29.5 Å². The van der Waals surface area contributed by atoms with Gasteiger partial charge in [0.25, 0.3) is 5.78 Å². The molecule has 0 atom stereocenters. The lowest BCUT2D eigenvalue weighted by Gasteiger charge is -2.09. The van der Waals surface area contributed by atoms with Gasteiger partial charge < -0.3 is 5.11 Å². The summed E-state index contributed by atoms with van der Waals surface area (Å²) in [4.78, 5) is 22.7. The molecule has 0 aliphatic rings. The molecule has 0 aliphatic carbocycles. The summed E-state index contributed by atoms with van der Waals surface area (Å²) >= 11 is 3.38. The van der Waals surface area contributed by atoms with Crippen molar-refractivity contribution < 1.29 is 14.7 Å². The van der Waals surface area contributed by atoms with Crippen LogP contribution >= 0.6 is 15.9 Å². The van der Waals surface area contributed by atoms with E-state index in [9.17, 15) is 9.59 Å². The highest BCUT2D eigenvalue weighted by Gasteiger charge is 2.18. The molecule has 0 saturated carbocycles. The van der Waals surface area contributed by atoms with E-state index >= 15 is 0 Å². The highest BCUT2D eigenvalue weighted by atomic mass is 79.9. The van der Waals surface area contributed by atoms with Gasteiger partial charge in [-0.15, -0.1) is 0 Å². The highest BCUT2D eigenvalue weighted by molar-refractivity contribution is 9.08. The molecule has 108 valence electrons. The Bertz CT molecular complexity index is 650. The van der Waals surface area contributed by atoms with E-state index in [2.05, 4.69) is 15.9 Å². The molecule has 1 N–H and O–H groups in total. The number of carboxylic acid groups (broad SMARTS) is 1. The molecule has 0 bridgehead atoms. The molecule has 0 unspecified atom stereocenters. The van der Waals surface area contributed by atoms with Crippen LogP contribution < -0.4 is 0 Å². The first kappa shape index (κ1) is 15.4. The number of alkyl halides is 1. The molecule has 3 nitrogen and oxygen atoms in total. The summed E-state index contributed by atoms with van der Waals surface area (Å²) in [6.07, 6.45) is 1.41. The Balaban J connectivity index is 2.26. The maximum absolute atomic E-state index is 11.8. The fourth-order valence-electron chi connectivity index (χ4n) is 2.20. The van der Waals surface area contributed by atoms with E-state index in [1.54, 1.807) is 12.1 Å². The summed E-state index contributed by atoms with van der Waals surface area (Å²) in [5.41, 5.74) is 3.25. The molecule has 21 heavy (non-hydrogen) atoms. The first-order chi connectivity index (χ1) is 10.1. The molecule has 2 aromatic rings. The SMILES string of the molecule is O=C(O)C(=O)c1ccc(CBr)cc1CCc1ccccc1. The average molecular weight is 347 g/mol. The van der Waals surface area contributed by atoms with Gasteiger partial charge in [-0.3, -0.25) is 4.79 Å². The molecule has 0 aromatic heterocycles. The molecule has 0 heterocycles. The highest BCUT2D eigenvalue weighted by Crippen LogP contribution is 2.18. The minimum Gasteiger partial charge on any atom is -0.475 e. The number of carbonyl (C=O) groups excluding carboxylic acids is 1. The van der Waals surface area contributed by atoms with E-state index in [1.807, 2.05) is 36.4 Å². The number of benzene rings is 2. The summed E-state index contributed by atoms with van der Waals surface area (Å²) in [7, 11) is 0. The van der Waals surface area contributed by atoms with Crippen LogP contribution in [0.5, 0.6) is 0 Å². The van der Waals surface area contributed by atoms with Gasteiger partial charge in [0.05, 0.1) is 0 Å². The van der Waals surface area contributed by atoms with Crippen molar-refractivity contribution in [3.05, 3.63) is 70.8 Å². The van der Waals surface area contributed by atoms with Crippen LogP contribution in [-0.2, 0) is 23.0 Å². The first-order valence-corrected chi connectivity index (χ1v) is 7.73. The first-order valence-electron chi connectivity index (χ1n) is 6.61. The van der Waals surface area contributed by atoms with Crippen molar-refractivity contribution >= 4 is 27.7 Å². The molecule has 0 saturated heterocycles. The normalized spacial score (nSPS) is 10.3. The van der Waals surface area contributed by atoms with Gasteiger partial charge >= 0.3 is 5.97 Å². The Morgan fingerprint density at radius 2 is 1.67 bits per heavy atom. The third-order valence-corrected chi connectivity index (χ3v) is 3.94. The zero-order valence-corrected chi connectivity index (χ0v) is 13.0. The monoisotopic (exact) mass is 346 g/mol. The molecular weight excluding hydrogens is 332 g/mol. The second-order valence-electron chi connectivity index (χ2n) is 4.75. The average Bonchev–Trinajstić information content (AvgIpc) is 2.52. The zero-order valence-electron chi connectivity index (χ0n) is 11.4. The fraction of sp³-hybridized carbons (Fsp3) is 0.176. The zero-order chi connectivity index (χ0) is 15.2. The van der Waals surface area contributed by atoms with Gasteiger partial charge in [0, 0.05) is 10.9 Å². The molecule has 0 aliphatic heterocycles. The second kappa shape index (κ2) is 7.18. The molecular formula is C17H15BrO3. The lowest BCUT2D eigenvalue weighted by molar-refractivity contribution is -0.131. The summed E-state index contributed by atoms with van der Waals surface area (Å²) in [5, 5.41) is 9.59. The molecule has 0 fully saturated rings. The van der Waals surface area contributed by atoms with Crippen molar-refractivity contribution in [2.75, 3.05) is 0 Å². The van der Waals surface area contributed by atoms with Crippen LogP contribution in [0, 0.1) is 0 Å². The Labute approximate surface area is 131 Å². The molecule has 0 radical (unpaired) electrons. The van der Waals surface area contributed by atoms with Gasteiger partial charge in [-0.2, -0.15) is 0 Å². The molecule has 0 amide bonds. The molecule has 0 spiro atoms. The maximum atomic E-state index is 11.8. The van der Waals surface area contributed by atoms with E-state index in [0.717, 1.165) is 23.1 Å². The van der Waals surface area contributed by atoms with Gasteiger partial charge in [0.2, 0.25) is 0 Å². The minimum absolute atomic E-state index is 0.281. The largest absolute Gasteiger partial charge is 0.475 e. The lowest BCUT2D eigenvalue weighted by atomic mass is 9.95. The summed E-state index contributed by atoms with van der Waals surface area (Å²) in [6, 6.07) is 15.2. The van der Waals surface area contributed by atoms with Crippen molar-refractivity contribution in [2.45, 2.75) is 18.2 Å². The smallest absolute Gasteiger partial charge is 0.377 e. The predicted octanol–water partition coefficient (Wildman–Crippen LogP) is 3.63. The number of hydrogen-bond acceptors (Lipinski definition) is 2. The number of carboxylic acids is 1. The number of carbonyl (C=O) groups is 2. The summed E-state index contributed by atoms with van der Waals surface area (Å²) in [5.74, 6) is -2.26. The number of aliphatic carboxylic acids is 1. The Morgan fingerprint density at radius 3 is 2.29 bits per heavy atom. The van der Waals surface area contributed by atoms with Crippen molar-refractivity contribution in [3.63, 3.8) is 0 Å². The fourth-order valence-corrected chi connectivity index (χ4v) is 2.55. The van der Waals surface area contributed by atoms with E-state index in [4.69, 9.17) is 5.11 Å². The van der Waals surface area contributed by atoms with E-state index in [1.165, 1.54) is 0 Å². The Hall–Kier alpha value is -1.94. The van der Waals surface area contributed by atoms with Crippen LogP contribution in [0.1, 0.15) is 27.0 Å². The summed E-state index contributed by atoms with van der Waals surface area (Å²) in [6.45, 7) is 0. The topological polar surface area (TPSA) is 54.4 Å². The van der Waals surface area contributed by atoms with Crippen molar-refractivity contribution in [3.8, 4) is 0 Å². The Kier molecular flexibility index (Phi) is 5.28. The number of Topliss-reactive ketones (excluding diaryl/α,β-unsaturated/α-hetero) is 1. The standard InChI is InChI=1S/C17H15BrO3/c18-11-13-7-9-15(16(19)17(20)21)14(10-13)8-6-12-4-2-1-3-5-12/h1-5,7,9-10H,6,8,11H2,(H,20,21). The molecule has 4 heteroatoms. The van der Waals surface area contributed by atoms with Crippen LogP contribution in [0.15, 0.2) is 48.5 Å². The predicted molar refractivity (Wildman–Crippen MR) is 84.9 cm³/mol. The third kappa shape index (κ3) is 4.02. The van der Waals surface area contributed by atoms with Crippen molar-refractivity contribution in [1.29, 1.82) is 0 Å². The number of halogens is 1. The van der Waals surface area contributed by atoms with E-state index in [-0.39, 0.29) is 5.56 Å². The van der Waals surface area contributed by atoms with Gasteiger partial charge in [0.1, 0.15) is 0 Å².